The highest BCUT2D eigenvalue weighted by atomic mass is 19.3. The number of hydrogen-bond donors (Lipinski definition) is 3. The van der Waals surface area contributed by atoms with Gasteiger partial charge in [0.1, 0.15) is 5.75 Å². The fourth-order valence-corrected chi connectivity index (χ4v) is 3.09. The van der Waals surface area contributed by atoms with Gasteiger partial charge in [-0.1, -0.05) is 24.3 Å². The van der Waals surface area contributed by atoms with Crippen LogP contribution in [0.15, 0.2) is 48.5 Å². The van der Waals surface area contributed by atoms with Gasteiger partial charge in [-0.15, -0.1) is 0 Å². The van der Waals surface area contributed by atoms with E-state index >= 15 is 0 Å². The molecule has 0 aliphatic carbocycles. The van der Waals surface area contributed by atoms with Crippen molar-refractivity contribution in [3.05, 3.63) is 54.1 Å². The Bertz CT molecular complexity index is 758. The van der Waals surface area contributed by atoms with Crippen molar-refractivity contribution in [2.75, 3.05) is 19.6 Å². The molecule has 27 heavy (non-hydrogen) atoms. The summed E-state index contributed by atoms with van der Waals surface area (Å²) in [6.45, 7) is -1.30. The molecule has 0 unspecified atom stereocenters. The fourth-order valence-electron chi connectivity index (χ4n) is 3.09. The number of halogens is 2. The molecule has 5 nitrogen and oxygen atoms in total. The number of benzene rings is 2. The molecule has 7 heteroatoms. The summed E-state index contributed by atoms with van der Waals surface area (Å²) >= 11 is 0. The van der Waals surface area contributed by atoms with Crippen molar-refractivity contribution in [1.29, 1.82) is 0 Å². The third kappa shape index (κ3) is 5.24. The second kappa shape index (κ2) is 8.45. The Morgan fingerprint density at radius 1 is 1.15 bits per heavy atom. The van der Waals surface area contributed by atoms with Crippen molar-refractivity contribution in [2.45, 2.75) is 25.1 Å². The molecule has 0 aromatic heterocycles. The number of ether oxygens (including phenoxy) is 1. The lowest BCUT2D eigenvalue weighted by atomic mass is 9.94. The highest BCUT2D eigenvalue weighted by molar-refractivity contribution is 5.94. The van der Waals surface area contributed by atoms with Gasteiger partial charge in [-0.25, -0.2) is 0 Å². The van der Waals surface area contributed by atoms with Gasteiger partial charge in [-0.05, 0) is 54.8 Å². The molecule has 144 valence electrons. The molecule has 1 atom stereocenters. The highest BCUT2D eigenvalue weighted by Gasteiger charge is 2.29. The molecule has 1 amide bonds. The molecular weight excluding hydrogens is 354 g/mol. The van der Waals surface area contributed by atoms with Crippen LogP contribution in [0.25, 0.3) is 11.1 Å². The maximum atomic E-state index is 12.3. The zero-order valence-electron chi connectivity index (χ0n) is 14.8. The molecule has 1 heterocycles. The number of alkyl halides is 2. The smallest absolute Gasteiger partial charge is 0.387 e. The Balaban J connectivity index is 1.60. The van der Waals surface area contributed by atoms with Crippen molar-refractivity contribution in [2.24, 2.45) is 0 Å². The average molecular weight is 376 g/mol. The minimum atomic E-state index is -2.85. The van der Waals surface area contributed by atoms with E-state index in [2.05, 4.69) is 15.4 Å². The topological polar surface area (TPSA) is 70.6 Å². The molecule has 0 spiro atoms. The van der Waals surface area contributed by atoms with Gasteiger partial charge in [0.2, 0.25) is 0 Å². The van der Waals surface area contributed by atoms with E-state index in [1.807, 2.05) is 0 Å². The second-order valence-electron chi connectivity index (χ2n) is 6.67. The van der Waals surface area contributed by atoms with Crippen LogP contribution in [0.4, 0.5) is 8.78 Å². The maximum Gasteiger partial charge on any atom is 0.387 e. The van der Waals surface area contributed by atoms with Gasteiger partial charge < -0.3 is 20.5 Å². The van der Waals surface area contributed by atoms with E-state index in [-0.39, 0.29) is 18.2 Å². The molecular formula is C20H22F2N2O3. The van der Waals surface area contributed by atoms with E-state index in [9.17, 15) is 18.7 Å². The Hall–Kier alpha value is -2.51. The Morgan fingerprint density at radius 3 is 2.33 bits per heavy atom. The van der Waals surface area contributed by atoms with Gasteiger partial charge in [0.25, 0.3) is 5.91 Å². The third-order valence-corrected chi connectivity index (χ3v) is 4.59. The number of piperidine rings is 1. The lowest BCUT2D eigenvalue weighted by Gasteiger charge is -2.32. The van der Waals surface area contributed by atoms with E-state index in [1.54, 1.807) is 36.4 Å². The zero-order chi connectivity index (χ0) is 19.3. The summed E-state index contributed by atoms with van der Waals surface area (Å²) in [5.74, 6) is -0.152. The van der Waals surface area contributed by atoms with Crippen LogP contribution in [0.5, 0.6) is 5.75 Å². The number of β-amino-alcohol motifs (C(OH)–C–C–N with tert-alkyl or cyclic N) is 1. The summed E-state index contributed by atoms with van der Waals surface area (Å²) in [5, 5.41) is 16.3. The summed E-state index contributed by atoms with van der Waals surface area (Å²) in [5.41, 5.74) is 1.26. The number of hydrogen-bond acceptors (Lipinski definition) is 4. The number of carbonyl (C=O) groups excluding carboxylic acids is 1. The second-order valence-corrected chi connectivity index (χ2v) is 6.67. The van der Waals surface area contributed by atoms with Crippen LogP contribution in [0.3, 0.4) is 0 Å². The van der Waals surface area contributed by atoms with Crippen LogP contribution in [-0.4, -0.2) is 42.9 Å². The lowest BCUT2D eigenvalue weighted by Crippen LogP contribution is -2.52. The number of rotatable bonds is 6. The zero-order valence-corrected chi connectivity index (χ0v) is 14.8. The van der Waals surface area contributed by atoms with Crippen molar-refractivity contribution < 1.29 is 23.4 Å². The summed E-state index contributed by atoms with van der Waals surface area (Å²) in [4.78, 5) is 12.3. The fraction of sp³-hybridized carbons (Fsp3) is 0.350. The summed E-state index contributed by atoms with van der Waals surface area (Å²) in [6.07, 6.45) is 1.53. The van der Waals surface area contributed by atoms with Crippen LogP contribution < -0.4 is 15.4 Å². The van der Waals surface area contributed by atoms with Gasteiger partial charge in [0.15, 0.2) is 0 Å². The van der Waals surface area contributed by atoms with Crippen molar-refractivity contribution in [1.82, 2.24) is 10.6 Å². The number of carbonyl (C=O) groups is 1. The van der Waals surface area contributed by atoms with Gasteiger partial charge in [0.05, 0.1) is 5.60 Å². The predicted octanol–water partition coefficient (Wildman–Crippen LogP) is 2.80. The largest absolute Gasteiger partial charge is 0.435 e. The summed E-state index contributed by atoms with van der Waals surface area (Å²) in [6, 6.07) is 13.3. The Labute approximate surface area is 156 Å². The lowest BCUT2D eigenvalue weighted by molar-refractivity contribution is -0.0498. The Kier molecular flexibility index (Phi) is 6.03. The van der Waals surface area contributed by atoms with E-state index in [0.29, 0.717) is 18.5 Å². The van der Waals surface area contributed by atoms with Crippen LogP contribution in [0.1, 0.15) is 23.2 Å². The van der Waals surface area contributed by atoms with E-state index in [4.69, 9.17) is 0 Å². The first-order chi connectivity index (χ1) is 13.0. The van der Waals surface area contributed by atoms with Crippen molar-refractivity contribution in [3.63, 3.8) is 0 Å². The van der Waals surface area contributed by atoms with Gasteiger partial charge in [-0.2, -0.15) is 8.78 Å². The molecule has 1 aliphatic heterocycles. The highest BCUT2D eigenvalue weighted by Crippen LogP contribution is 2.24. The van der Waals surface area contributed by atoms with Gasteiger partial charge >= 0.3 is 6.61 Å². The molecule has 0 bridgehead atoms. The molecule has 1 aliphatic rings. The van der Waals surface area contributed by atoms with E-state index in [0.717, 1.165) is 24.1 Å². The summed E-state index contributed by atoms with van der Waals surface area (Å²) < 4.78 is 28.7. The van der Waals surface area contributed by atoms with Crippen LogP contribution in [0, 0.1) is 0 Å². The standard InChI is InChI=1S/C20H22F2N2O3/c21-19(22)27-17-8-6-15(7-9-17)14-2-4-16(5-3-14)18(25)24-13-20(26)10-1-11-23-12-20/h2-9,19,23,26H,1,10-13H2,(H,24,25)/t20-/m1/s1. The van der Waals surface area contributed by atoms with Gasteiger partial charge in [-0.3, -0.25) is 4.79 Å². The van der Waals surface area contributed by atoms with E-state index < -0.39 is 12.2 Å². The molecule has 2 aromatic rings. The van der Waals surface area contributed by atoms with Crippen LogP contribution >= 0.6 is 0 Å². The minimum absolute atomic E-state index is 0.0971. The van der Waals surface area contributed by atoms with Crippen LogP contribution in [-0.2, 0) is 0 Å². The maximum absolute atomic E-state index is 12.3. The minimum Gasteiger partial charge on any atom is -0.435 e. The monoisotopic (exact) mass is 376 g/mol. The SMILES string of the molecule is O=C(NC[C@@]1(O)CCCNC1)c1ccc(-c2ccc(OC(F)F)cc2)cc1. The predicted molar refractivity (Wildman–Crippen MR) is 97.9 cm³/mol. The van der Waals surface area contributed by atoms with Crippen molar-refractivity contribution in [3.8, 4) is 16.9 Å². The normalized spacial score (nSPS) is 19.7. The number of nitrogens with one attached hydrogen (secondary N) is 2. The first kappa shape index (κ1) is 19.3. The average Bonchev–Trinajstić information content (AvgIpc) is 2.67. The molecule has 0 radical (unpaired) electrons. The molecule has 1 fully saturated rings. The molecule has 0 saturated carbocycles. The molecule has 1 saturated heterocycles. The molecule has 3 N–H and O–H groups in total. The number of aliphatic hydroxyl groups is 1. The third-order valence-electron chi connectivity index (χ3n) is 4.59. The quantitative estimate of drug-likeness (QED) is 0.725. The Morgan fingerprint density at radius 2 is 1.78 bits per heavy atom. The first-order valence-electron chi connectivity index (χ1n) is 8.82. The first-order valence-corrected chi connectivity index (χ1v) is 8.82. The molecule has 2 aromatic carbocycles. The number of amides is 1. The van der Waals surface area contributed by atoms with Gasteiger partial charge in [0, 0.05) is 18.7 Å². The van der Waals surface area contributed by atoms with Crippen molar-refractivity contribution >= 4 is 5.91 Å². The van der Waals surface area contributed by atoms with Crippen LogP contribution in [0.2, 0.25) is 0 Å². The summed E-state index contributed by atoms with van der Waals surface area (Å²) in [7, 11) is 0. The van der Waals surface area contributed by atoms with E-state index in [1.165, 1.54) is 12.1 Å². The molecule has 3 rings (SSSR count).